The van der Waals surface area contributed by atoms with Crippen molar-refractivity contribution >= 4 is 0 Å². The lowest BCUT2D eigenvalue weighted by atomic mass is 9.63. The smallest absolute Gasteiger partial charge is 0.0725 e. The van der Waals surface area contributed by atoms with Crippen LogP contribution >= 0.6 is 0 Å². The highest BCUT2D eigenvalue weighted by Crippen LogP contribution is 2.47. The molecule has 0 saturated heterocycles. The van der Waals surface area contributed by atoms with Crippen LogP contribution in [0, 0.1) is 11.8 Å². The average molecular weight is 226 g/mol. The van der Waals surface area contributed by atoms with Crippen molar-refractivity contribution in [3.63, 3.8) is 0 Å². The van der Waals surface area contributed by atoms with Crippen molar-refractivity contribution in [2.75, 3.05) is 6.61 Å². The first kappa shape index (κ1) is 12.4. The van der Waals surface area contributed by atoms with Crippen LogP contribution in [-0.2, 0) is 4.74 Å². The first-order valence-electron chi connectivity index (χ1n) is 7.02. The Morgan fingerprint density at radius 1 is 1.25 bits per heavy atom. The average Bonchev–Trinajstić information content (AvgIpc) is 2.27. The molecule has 2 saturated carbocycles. The van der Waals surface area contributed by atoms with Crippen LogP contribution in [-0.4, -0.2) is 23.4 Å². The van der Waals surface area contributed by atoms with Gasteiger partial charge in [-0.25, -0.2) is 0 Å². The van der Waals surface area contributed by atoms with Gasteiger partial charge in [-0.15, -0.1) is 0 Å². The second-order valence-corrected chi connectivity index (χ2v) is 5.73. The minimum Gasteiger partial charge on any atom is -0.389 e. The van der Waals surface area contributed by atoms with E-state index in [9.17, 15) is 5.11 Å². The van der Waals surface area contributed by atoms with Gasteiger partial charge >= 0.3 is 0 Å². The molecule has 2 aliphatic carbocycles. The molecule has 0 amide bonds. The van der Waals surface area contributed by atoms with E-state index >= 15 is 0 Å². The molecular weight excluding hydrogens is 200 g/mol. The Morgan fingerprint density at radius 3 is 2.62 bits per heavy atom. The third kappa shape index (κ3) is 2.43. The minimum atomic E-state index is -0.381. The third-order valence-electron chi connectivity index (χ3n) is 4.68. The van der Waals surface area contributed by atoms with Crippen LogP contribution in [0.15, 0.2) is 0 Å². The van der Waals surface area contributed by atoms with Gasteiger partial charge in [0.1, 0.15) is 0 Å². The molecule has 0 aromatic rings. The molecule has 2 nitrogen and oxygen atoms in total. The third-order valence-corrected chi connectivity index (χ3v) is 4.68. The van der Waals surface area contributed by atoms with Gasteiger partial charge in [0.15, 0.2) is 0 Å². The molecule has 0 heterocycles. The summed E-state index contributed by atoms with van der Waals surface area (Å²) in [6.07, 6.45) is 8.52. The lowest BCUT2D eigenvalue weighted by Crippen LogP contribution is -2.54. The van der Waals surface area contributed by atoms with E-state index in [0.29, 0.717) is 12.0 Å². The van der Waals surface area contributed by atoms with Crippen LogP contribution in [0.1, 0.15) is 58.8 Å². The van der Waals surface area contributed by atoms with E-state index < -0.39 is 0 Å². The minimum absolute atomic E-state index is 0.331. The molecule has 0 bridgehead atoms. The van der Waals surface area contributed by atoms with Crippen molar-refractivity contribution in [2.45, 2.75) is 70.5 Å². The van der Waals surface area contributed by atoms with Gasteiger partial charge in [-0.05, 0) is 31.6 Å². The molecule has 2 fully saturated rings. The first-order valence-corrected chi connectivity index (χ1v) is 7.02. The molecule has 2 aliphatic rings. The molecule has 2 heteroatoms. The number of hydrogen-bond acceptors (Lipinski definition) is 2. The standard InChI is InChI=1S/C14H26O2/c1-3-11-6-5-7-12(8-11)14(15)9-13(10-14)16-4-2/h11-13,15H,3-10H2,1-2H3. The van der Waals surface area contributed by atoms with Gasteiger partial charge in [0.2, 0.25) is 0 Å². The summed E-state index contributed by atoms with van der Waals surface area (Å²) in [5, 5.41) is 10.6. The maximum atomic E-state index is 10.6. The topological polar surface area (TPSA) is 29.5 Å². The maximum Gasteiger partial charge on any atom is 0.0725 e. The van der Waals surface area contributed by atoms with Crippen LogP contribution in [0.3, 0.4) is 0 Å². The summed E-state index contributed by atoms with van der Waals surface area (Å²) in [6, 6.07) is 0. The lowest BCUT2D eigenvalue weighted by molar-refractivity contribution is -0.174. The molecule has 2 rings (SSSR count). The molecule has 0 aliphatic heterocycles. The number of ether oxygens (including phenoxy) is 1. The summed E-state index contributed by atoms with van der Waals surface area (Å²) >= 11 is 0. The quantitative estimate of drug-likeness (QED) is 0.798. The van der Waals surface area contributed by atoms with Gasteiger partial charge in [0, 0.05) is 19.4 Å². The van der Waals surface area contributed by atoms with Crippen molar-refractivity contribution in [1.82, 2.24) is 0 Å². The lowest BCUT2D eigenvalue weighted by Gasteiger charge is -2.50. The van der Waals surface area contributed by atoms with Crippen LogP contribution in [0.5, 0.6) is 0 Å². The Kier molecular flexibility index (Phi) is 3.91. The summed E-state index contributed by atoms with van der Waals surface area (Å²) in [7, 11) is 0. The molecule has 0 aromatic heterocycles. The highest BCUT2D eigenvalue weighted by Gasteiger charge is 2.49. The molecule has 2 unspecified atom stereocenters. The van der Waals surface area contributed by atoms with Crippen LogP contribution in [0.2, 0.25) is 0 Å². The molecule has 16 heavy (non-hydrogen) atoms. The van der Waals surface area contributed by atoms with E-state index in [1.54, 1.807) is 0 Å². The van der Waals surface area contributed by atoms with Crippen LogP contribution in [0.25, 0.3) is 0 Å². The zero-order valence-electron chi connectivity index (χ0n) is 10.7. The van der Waals surface area contributed by atoms with Gasteiger partial charge in [-0.2, -0.15) is 0 Å². The molecular formula is C14H26O2. The molecule has 0 aromatic carbocycles. The van der Waals surface area contributed by atoms with Crippen molar-refractivity contribution in [2.24, 2.45) is 11.8 Å². The van der Waals surface area contributed by atoms with Gasteiger partial charge in [-0.1, -0.05) is 26.2 Å². The summed E-state index contributed by atoms with van der Waals surface area (Å²) in [5.74, 6) is 1.40. The first-order chi connectivity index (χ1) is 7.68. The van der Waals surface area contributed by atoms with Crippen LogP contribution in [0.4, 0.5) is 0 Å². The van der Waals surface area contributed by atoms with E-state index in [1.807, 2.05) is 6.92 Å². The largest absolute Gasteiger partial charge is 0.389 e. The Balaban J connectivity index is 1.83. The zero-order chi connectivity index (χ0) is 11.6. The Labute approximate surface area is 99.4 Å². The molecule has 0 radical (unpaired) electrons. The summed E-state index contributed by atoms with van der Waals surface area (Å²) in [5.41, 5.74) is -0.381. The van der Waals surface area contributed by atoms with Crippen LogP contribution < -0.4 is 0 Å². The van der Waals surface area contributed by atoms with Gasteiger partial charge < -0.3 is 9.84 Å². The van der Waals surface area contributed by atoms with Crippen molar-refractivity contribution < 1.29 is 9.84 Å². The summed E-state index contributed by atoms with van der Waals surface area (Å²) < 4.78 is 5.56. The second kappa shape index (κ2) is 5.05. The van der Waals surface area contributed by atoms with E-state index in [1.165, 1.54) is 32.1 Å². The summed E-state index contributed by atoms with van der Waals surface area (Å²) in [4.78, 5) is 0. The monoisotopic (exact) mass is 226 g/mol. The highest BCUT2D eigenvalue weighted by molar-refractivity contribution is 5.01. The maximum absolute atomic E-state index is 10.6. The van der Waals surface area contributed by atoms with E-state index in [0.717, 1.165) is 25.4 Å². The van der Waals surface area contributed by atoms with E-state index in [4.69, 9.17) is 4.74 Å². The van der Waals surface area contributed by atoms with Gasteiger partial charge in [-0.3, -0.25) is 0 Å². The van der Waals surface area contributed by atoms with Crippen molar-refractivity contribution in [3.05, 3.63) is 0 Å². The molecule has 2 atom stereocenters. The van der Waals surface area contributed by atoms with Gasteiger partial charge in [0.25, 0.3) is 0 Å². The fraction of sp³-hybridized carbons (Fsp3) is 1.00. The predicted octanol–water partition coefficient (Wildman–Crippen LogP) is 3.13. The molecule has 1 N–H and O–H groups in total. The van der Waals surface area contributed by atoms with E-state index in [2.05, 4.69) is 6.92 Å². The Hall–Kier alpha value is -0.0800. The SMILES string of the molecule is CCOC1CC(O)(C2CCCC(CC)C2)C1. The fourth-order valence-corrected chi connectivity index (χ4v) is 3.57. The molecule has 0 spiro atoms. The number of rotatable bonds is 4. The normalized spacial score (nSPS) is 44.1. The van der Waals surface area contributed by atoms with E-state index in [-0.39, 0.29) is 5.60 Å². The van der Waals surface area contributed by atoms with Gasteiger partial charge in [0.05, 0.1) is 11.7 Å². The Morgan fingerprint density at radius 2 is 2.00 bits per heavy atom. The number of hydrogen-bond donors (Lipinski definition) is 1. The van der Waals surface area contributed by atoms with Crippen molar-refractivity contribution in [3.8, 4) is 0 Å². The summed E-state index contributed by atoms with van der Waals surface area (Å²) in [6.45, 7) is 5.09. The fourth-order valence-electron chi connectivity index (χ4n) is 3.57. The number of aliphatic hydroxyl groups is 1. The molecule has 94 valence electrons. The highest BCUT2D eigenvalue weighted by atomic mass is 16.5. The Bertz CT molecular complexity index is 221. The van der Waals surface area contributed by atoms with Crippen molar-refractivity contribution in [1.29, 1.82) is 0 Å². The second-order valence-electron chi connectivity index (χ2n) is 5.73. The zero-order valence-corrected chi connectivity index (χ0v) is 10.7. The predicted molar refractivity (Wildman–Crippen MR) is 65.3 cm³/mol.